The summed E-state index contributed by atoms with van der Waals surface area (Å²) in [6.45, 7) is 3.79. The predicted octanol–water partition coefficient (Wildman–Crippen LogP) is 2.04. The summed E-state index contributed by atoms with van der Waals surface area (Å²) in [5.41, 5.74) is 1.83. The van der Waals surface area contributed by atoms with Crippen molar-refractivity contribution in [3.05, 3.63) is 53.9 Å². The molecule has 0 spiro atoms. The van der Waals surface area contributed by atoms with E-state index in [9.17, 15) is 9.90 Å². The second kappa shape index (κ2) is 8.83. The van der Waals surface area contributed by atoms with Gasteiger partial charge in [0.1, 0.15) is 17.5 Å². The van der Waals surface area contributed by atoms with Crippen LogP contribution >= 0.6 is 0 Å². The van der Waals surface area contributed by atoms with Crippen LogP contribution in [0.5, 0.6) is 11.5 Å². The molecule has 7 nitrogen and oxygen atoms in total. The SMILES string of the molecule is COc1ccc(OC)c([C@H](C(=O)O)N2CCN(Cc3ccncc3)CC2)c1. The van der Waals surface area contributed by atoms with Crippen molar-refractivity contribution in [2.45, 2.75) is 12.6 Å². The van der Waals surface area contributed by atoms with Crippen molar-refractivity contribution in [1.29, 1.82) is 0 Å². The van der Waals surface area contributed by atoms with Crippen LogP contribution in [-0.2, 0) is 11.3 Å². The van der Waals surface area contributed by atoms with Crippen LogP contribution in [0.2, 0.25) is 0 Å². The third-order valence-electron chi connectivity index (χ3n) is 4.89. The summed E-state index contributed by atoms with van der Waals surface area (Å²) in [4.78, 5) is 20.4. The molecule has 1 aliphatic heterocycles. The topological polar surface area (TPSA) is 75.1 Å². The van der Waals surface area contributed by atoms with E-state index in [1.165, 1.54) is 5.56 Å². The second-order valence-electron chi connectivity index (χ2n) is 6.52. The summed E-state index contributed by atoms with van der Waals surface area (Å²) in [7, 11) is 3.12. The van der Waals surface area contributed by atoms with Crippen LogP contribution < -0.4 is 9.47 Å². The molecule has 144 valence electrons. The average molecular weight is 371 g/mol. The van der Waals surface area contributed by atoms with Crippen LogP contribution in [0.25, 0.3) is 0 Å². The van der Waals surface area contributed by atoms with Crippen LogP contribution in [0.1, 0.15) is 17.2 Å². The molecule has 0 radical (unpaired) electrons. The van der Waals surface area contributed by atoms with Gasteiger partial charge in [-0.25, -0.2) is 0 Å². The third kappa shape index (κ3) is 4.56. The molecule has 7 heteroatoms. The summed E-state index contributed by atoms with van der Waals surface area (Å²) in [5, 5.41) is 9.91. The Morgan fingerprint density at radius 1 is 1.11 bits per heavy atom. The zero-order valence-corrected chi connectivity index (χ0v) is 15.7. The largest absolute Gasteiger partial charge is 0.497 e. The Morgan fingerprint density at radius 2 is 1.81 bits per heavy atom. The first-order valence-electron chi connectivity index (χ1n) is 8.92. The van der Waals surface area contributed by atoms with E-state index in [0.717, 1.165) is 19.6 Å². The quantitative estimate of drug-likeness (QED) is 0.798. The van der Waals surface area contributed by atoms with Crippen molar-refractivity contribution >= 4 is 5.97 Å². The number of methoxy groups -OCH3 is 2. The summed E-state index contributed by atoms with van der Waals surface area (Å²) >= 11 is 0. The van der Waals surface area contributed by atoms with Gasteiger partial charge in [-0.15, -0.1) is 0 Å². The molecule has 1 aromatic heterocycles. The lowest BCUT2D eigenvalue weighted by Gasteiger charge is -2.38. The van der Waals surface area contributed by atoms with Gasteiger partial charge in [-0.2, -0.15) is 0 Å². The minimum atomic E-state index is -0.885. The van der Waals surface area contributed by atoms with E-state index in [0.29, 0.717) is 30.2 Å². The Labute approximate surface area is 159 Å². The lowest BCUT2D eigenvalue weighted by Crippen LogP contribution is -2.48. The van der Waals surface area contributed by atoms with Crippen molar-refractivity contribution in [3.63, 3.8) is 0 Å². The van der Waals surface area contributed by atoms with Crippen molar-refractivity contribution in [2.24, 2.45) is 0 Å². The van der Waals surface area contributed by atoms with Crippen LogP contribution in [0.15, 0.2) is 42.7 Å². The number of hydrogen-bond acceptors (Lipinski definition) is 6. The molecule has 2 heterocycles. The van der Waals surface area contributed by atoms with Crippen LogP contribution in [0.4, 0.5) is 0 Å². The summed E-state index contributed by atoms with van der Waals surface area (Å²) < 4.78 is 10.7. The average Bonchev–Trinajstić information content (AvgIpc) is 2.70. The van der Waals surface area contributed by atoms with Gasteiger partial charge in [0.15, 0.2) is 0 Å². The first kappa shape index (κ1) is 19.1. The summed E-state index contributed by atoms with van der Waals surface area (Å²) in [6, 6.07) is 8.53. The van der Waals surface area contributed by atoms with Crippen molar-refractivity contribution < 1.29 is 19.4 Å². The number of aromatic nitrogens is 1. The number of benzene rings is 1. The van der Waals surface area contributed by atoms with Gasteiger partial charge in [0.25, 0.3) is 0 Å². The van der Waals surface area contributed by atoms with E-state index >= 15 is 0 Å². The molecule has 1 atom stereocenters. The third-order valence-corrected chi connectivity index (χ3v) is 4.89. The van der Waals surface area contributed by atoms with Gasteiger partial charge in [0.2, 0.25) is 0 Å². The normalized spacial score (nSPS) is 16.7. The lowest BCUT2D eigenvalue weighted by molar-refractivity contribution is -0.144. The molecule has 1 fully saturated rings. The fourth-order valence-corrected chi connectivity index (χ4v) is 3.47. The van der Waals surface area contributed by atoms with E-state index in [2.05, 4.69) is 9.88 Å². The molecule has 1 aromatic carbocycles. The fourth-order valence-electron chi connectivity index (χ4n) is 3.47. The number of carboxylic acid groups (broad SMARTS) is 1. The zero-order chi connectivity index (χ0) is 19.2. The molecule has 0 aliphatic carbocycles. The van der Waals surface area contributed by atoms with E-state index in [4.69, 9.17) is 9.47 Å². The standard InChI is InChI=1S/C20H25N3O4/c1-26-16-3-4-18(27-2)17(13-16)19(20(24)25)23-11-9-22(10-12-23)14-15-5-7-21-8-6-15/h3-8,13,19H,9-12,14H2,1-2H3,(H,24,25)/t19-/m1/s1. The van der Waals surface area contributed by atoms with Crippen molar-refractivity contribution in [2.75, 3.05) is 40.4 Å². The van der Waals surface area contributed by atoms with Crippen molar-refractivity contribution in [3.8, 4) is 11.5 Å². The van der Waals surface area contributed by atoms with Crippen molar-refractivity contribution in [1.82, 2.24) is 14.8 Å². The van der Waals surface area contributed by atoms with Gasteiger partial charge in [0.05, 0.1) is 14.2 Å². The van der Waals surface area contributed by atoms with Crippen LogP contribution in [-0.4, -0.2) is 66.3 Å². The molecule has 2 aromatic rings. The van der Waals surface area contributed by atoms with Gasteiger partial charge in [-0.3, -0.25) is 19.6 Å². The second-order valence-corrected chi connectivity index (χ2v) is 6.52. The Bertz CT molecular complexity index is 761. The zero-order valence-electron chi connectivity index (χ0n) is 15.7. The minimum Gasteiger partial charge on any atom is -0.497 e. The molecule has 0 saturated carbocycles. The molecule has 27 heavy (non-hydrogen) atoms. The monoisotopic (exact) mass is 371 g/mol. The molecule has 1 aliphatic rings. The maximum atomic E-state index is 12.1. The van der Waals surface area contributed by atoms with Gasteiger partial charge in [-0.05, 0) is 35.9 Å². The summed E-state index contributed by atoms with van der Waals surface area (Å²) in [6.07, 6.45) is 3.59. The molecule has 0 amide bonds. The maximum absolute atomic E-state index is 12.1. The molecular formula is C20H25N3O4. The van der Waals surface area contributed by atoms with Gasteiger partial charge in [-0.1, -0.05) is 0 Å². The van der Waals surface area contributed by atoms with Crippen LogP contribution in [0.3, 0.4) is 0 Å². The van der Waals surface area contributed by atoms with Gasteiger partial charge >= 0.3 is 5.97 Å². The number of carbonyl (C=O) groups is 1. The number of hydrogen-bond donors (Lipinski definition) is 1. The number of nitrogens with zero attached hydrogens (tertiary/aromatic N) is 3. The Morgan fingerprint density at radius 3 is 2.41 bits per heavy atom. The number of pyridine rings is 1. The smallest absolute Gasteiger partial charge is 0.325 e. The minimum absolute atomic E-state index is 0.558. The fraction of sp³-hybridized carbons (Fsp3) is 0.400. The number of carboxylic acids is 1. The van der Waals surface area contributed by atoms with E-state index < -0.39 is 12.0 Å². The molecule has 0 bridgehead atoms. The Kier molecular flexibility index (Phi) is 6.26. The first-order chi connectivity index (χ1) is 13.1. The van der Waals surface area contributed by atoms with E-state index in [-0.39, 0.29) is 0 Å². The Balaban J connectivity index is 1.73. The van der Waals surface area contributed by atoms with E-state index in [1.54, 1.807) is 44.8 Å². The predicted molar refractivity (Wildman–Crippen MR) is 101 cm³/mol. The molecular weight excluding hydrogens is 346 g/mol. The number of ether oxygens (including phenoxy) is 2. The highest BCUT2D eigenvalue weighted by Crippen LogP contribution is 2.33. The molecule has 0 unspecified atom stereocenters. The van der Waals surface area contributed by atoms with Gasteiger partial charge in [0, 0.05) is 50.7 Å². The lowest BCUT2D eigenvalue weighted by atomic mass is 10.0. The van der Waals surface area contributed by atoms with Gasteiger partial charge < -0.3 is 14.6 Å². The molecule has 1 saturated heterocycles. The first-order valence-corrected chi connectivity index (χ1v) is 8.92. The van der Waals surface area contributed by atoms with E-state index in [1.807, 2.05) is 17.0 Å². The maximum Gasteiger partial charge on any atom is 0.325 e. The highest BCUT2D eigenvalue weighted by atomic mass is 16.5. The highest BCUT2D eigenvalue weighted by molar-refractivity contribution is 5.77. The highest BCUT2D eigenvalue weighted by Gasteiger charge is 2.32. The number of aliphatic carboxylic acids is 1. The summed E-state index contributed by atoms with van der Waals surface area (Å²) in [5.74, 6) is 0.292. The van der Waals surface area contributed by atoms with Crippen LogP contribution in [0, 0.1) is 0 Å². The molecule has 1 N–H and O–H groups in total. The number of piperazine rings is 1. The number of rotatable bonds is 7. The Hall–Kier alpha value is -2.64. The molecule has 3 rings (SSSR count).